The van der Waals surface area contributed by atoms with Crippen LogP contribution in [0.2, 0.25) is 0 Å². The highest BCUT2D eigenvalue weighted by atomic mass is 35.5. The van der Waals surface area contributed by atoms with Crippen molar-refractivity contribution in [2.45, 2.75) is 30.6 Å². The number of nitrogens with one attached hydrogen (secondary N) is 1. The Morgan fingerprint density at radius 2 is 2.15 bits per heavy atom. The number of aryl methyl sites for hydroxylation is 1. The number of hydrogen-bond donors (Lipinski definition) is 2. The van der Waals surface area contributed by atoms with Crippen molar-refractivity contribution in [3.05, 3.63) is 23.8 Å². The van der Waals surface area contributed by atoms with Crippen LogP contribution in [0.1, 0.15) is 24.8 Å². The number of benzene rings is 1. The lowest BCUT2D eigenvalue weighted by Gasteiger charge is -2.31. The summed E-state index contributed by atoms with van der Waals surface area (Å²) in [7, 11) is -3.61. The van der Waals surface area contributed by atoms with Gasteiger partial charge in [0.2, 0.25) is 15.9 Å². The van der Waals surface area contributed by atoms with Crippen molar-refractivity contribution in [2.75, 3.05) is 32.8 Å². The maximum absolute atomic E-state index is 13.0. The number of nitrogens with two attached hydrogens (primary N) is 1. The quantitative estimate of drug-likeness (QED) is 0.760. The Kier molecular flexibility index (Phi) is 7.28. The topological polar surface area (TPSA) is 102 Å². The largest absolute Gasteiger partial charge is 0.493 e. The van der Waals surface area contributed by atoms with Crippen LogP contribution >= 0.6 is 12.4 Å². The van der Waals surface area contributed by atoms with E-state index in [4.69, 9.17) is 10.5 Å². The van der Waals surface area contributed by atoms with Gasteiger partial charge in [0.25, 0.3) is 0 Å². The minimum atomic E-state index is -3.61. The van der Waals surface area contributed by atoms with Gasteiger partial charge in [-0.1, -0.05) is 0 Å². The minimum absolute atomic E-state index is 0. The first kappa shape index (κ1) is 21.0. The predicted octanol–water partition coefficient (Wildman–Crippen LogP) is 0.909. The molecule has 1 amide bonds. The number of ether oxygens (including phenoxy) is 1. The molecule has 0 radical (unpaired) electrons. The second-order valence-corrected chi connectivity index (χ2v) is 8.44. The Morgan fingerprint density at radius 1 is 1.35 bits per heavy atom. The molecule has 1 aromatic carbocycles. The normalized spacial score (nSPS) is 20.4. The Morgan fingerprint density at radius 3 is 2.92 bits per heavy atom. The summed E-state index contributed by atoms with van der Waals surface area (Å²) < 4.78 is 33.0. The molecule has 146 valence electrons. The number of rotatable bonds is 5. The standard InChI is InChI=1S/C17H25N3O4S.ClH/c18-7-8-19-17(21)14-3-1-9-20(12-14)25(22,23)15-5-6-16-13(11-15)4-2-10-24-16;/h5-6,11,14H,1-4,7-10,12,18H2,(H,19,21);1H. The maximum atomic E-state index is 13.0. The number of sulfonamides is 1. The van der Waals surface area contributed by atoms with Crippen LogP contribution in [0.15, 0.2) is 23.1 Å². The summed E-state index contributed by atoms with van der Waals surface area (Å²) >= 11 is 0. The van der Waals surface area contributed by atoms with Gasteiger partial charge in [0.05, 0.1) is 17.4 Å². The second-order valence-electron chi connectivity index (χ2n) is 6.50. The molecule has 0 bridgehead atoms. The summed E-state index contributed by atoms with van der Waals surface area (Å²) in [5, 5.41) is 2.75. The van der Waals surface area contributed by atoms with E-state index in [2.05, 4.69) is 5.32 Å². The third-order valence-electron chi connectivity index (χ3n) is 4.72. The van der Waals surface area contributed by atoms with Crippen molar-refractivity contribution >= 4 is 28.3 Å². The molecule has 3 N–H and O–H groups in total. The highest BCUT2D eigenvalue weighted by Crippen LogP contribution is 2.30. The van der Waals surface area contributed by atoms with E-state index < -0.39 is 10.0 Å². The molecule has 1 saturated heterocycles. The smallest absolute Gasteiger partial charge is 0.243 e. The van der Waals surface area contributed by atoms with Gasteiger partial charge in [-0.3, -0.25) is 4.79 Å². The van der Waals surface area contributed by atoms with Crippen LogP contribution in [-0.4, -0.2) is 51.4 Å². The predicted molar refractivity (Wildman–Crippen MR) is 101 cm³/mol. The van der Waals surface area contributed by atoms with Crippen LogP contribution in [0.25, 0.3) is 0 Å². The molecule has 1 atom stereocenters. The second kappa shape index (κ2) is 9.03. The molecule has 0 spiro atoms. The molecule has 0 aliphatic carbocycles. The number of carbonyl (C=O) groups is 1. The Hall–Kier alpha value is -1.35. The highest BCUT2D eigenvalue weighted by molar-refractivity contribution is 7.89. The fourth-order valence-corrected chi connectivity index (χ4v) is 4.94. The van der Waals surface area contributed by atoms with Crippen molar-refractivity contribution in [1.29, 1.82) is 0 Å². The molecule has 1 fully saturated rings. The van der Waals surface area contributed by atoms with Gasteiger partial charge in [0.15, 0.2) is 0 Å². The van der Waals surface area contributed by atoms with E-state index in [-0.39, 0.29) is 35.7 Å². The van der Waals surface area contributed by atoms with E-state index in [9.17, 15) is 13.2 Å². The first-order valence-corrected chi connectivity index (χ1v) is 10.2. The fraction of sp³-hybridized carbons (Fsp3) is 0.588. The number of halogens is 1. The number of fused-ring (bicyclic) bond motifs is 1. The fourth-order valence-electron chi connectivity index (χ4n) is 3.36. The van der Waals surface area contributed by atoms with Crippen molar-refractivity contribution in [1.82, 2.24) is 9.62 Å². The van der Waals surface area contributed by atoms with E-state index in [1.54, 1.807) is 18.2 Å². The molecule has 0 saturated carbocycles. The molecular weight excluding hydrogens is 378 g/mol. The zero-order valence-corrected chi connectivity index (χ0v) is 16.3. The average molecular weight is 404 g/mol. The van der Waals surface area contributed by atoms with Crippen molar-refractivity contribution < 1.29 is 17.9 Å². The van der Waals surface area contributed by atoms with Crippen LogP contribution < -0.4 is 15.8 Å². The summed E-state index contributed by atoms with van der Waals surface area (Å²) in [6, 6.07) is 5.04. The van der Waals surface area contributed by atoms with Gasteiger partial charge in [0.1, 0.15) is 5.75 Å². The molecule has 9 heteroatoms. The van der Waals surface area contributed by atoms with E-state index >= 15 is 0 Å². The van der Waals surface area contributed by atoms with Crippen LogP contribution in [-0.2, 0) is 21.2 Å². The number of hydrogen-bond acceptors (Lipinski definition) is 5. The first-order valence-electron chi connectivity index (χ1n) is 8.76. The highest BCUT2D eigenvalue weighted by Gasteiger charge is 2.33. The number of nitrogens with zero attached hydrogens (tertiary/aromatic N) is 1. The molecule has 1 aromatic rings. The molecule has 7 nitrogen and oxygen atoms in total. The van der Waals surface area contributed by atoms with E-state index in [1.807, 2.05) is 0 Å². The van der Waals surface area contributed by atoms with Gasteiger partial charge in [-0.15, -0.1) is 12.4 Å². The van der Waals surface area contributed by atoms with Gasteiger partial charge in [0, 0.05) is 26.2 Å². The molecular formula is C17H26ClN3O4S. The summed E-state index contributed by atoms with van der Waals surface area (Å²) in [5.74, 6) is 0.322. The van der Waals surface area contributed by atoms with Gasteiger partial charge in [-0.2, -0.15) is 4.31 Å². The summed E-state index contributed by atoms with van der Waals surface area (Å²) in [6.45, 7) is 2.11. The third-order valence-corrected chi connectivity index (χ3v) is 6.58. The van der Waals surface area contributed by atoms with Crippen LogP contribution in [0.3, 0.4) is 0 Å². The first-order chi connectivity index (χ1) is 12.0. The molecule has 26 heavy (non-hydrogen) atoms. The lowest BCUT2D eigenvalue weighted by molar-refractivity contribution is -0.126. The van der Waals surface area contributed by atoms with E-state index in [0.717, 1.165) is 24.2 Å². The summed E-state index contributed by atoms with van der Waals surface area (Å²) in [6.07, 6.45) is 3.08. The summed E-state index contributed by atoms with van der Waals surface area (Å²) in [4.78, 5) is 12.4. The van der Waals surface area contributed by atoms with Crippen molar-refractivity contribution in [3.63, 3.8) is 0 Å². The van der Waals surface area contributed by atoms with Gasteiger partial charge in [-0.25, -0.2) is 8.42 Å². The number of carbonyl (C=O) groups excluding carboxylic acids is 1. The lowest BCUT2D eigenvalue weighted by Crippen LogP contribution is -2.46. The van der Waals surface area contributed by atoms with E-state index in [1.165, 1.54) is 4.31 Å². The molecule has 2 aliphatic rings. The molecule has 2 heterocycles. The summed E-state index contributed by atoms with van der Waals surface area (Å²) in [5.41, 5.74) is 6.34. The van der Waals surface area contributed by atoms with Crippen molar-refractivity contribution in [3.8, 4) is 5.75 Å². The molecule has 1 unspecified atom stereocenters. The lowest BCUT2D eigenvalue weighted by atomic mass is 9.99. The molecule has 0 aromatic heterocycles. The average Bonchev–Trinajstić information content (AvgIpc) is 2.65. The van der Waals surface area contributed by atoms with Crippen LogP contribution in [0, 0.1) is 5.92 Å². The van der Waals surface area contributed by atoms with Crippen LogP contribution in [0.5, 0.6) is 5.75 Å². The zero-order valence-electron chi connectivity index (χ0n) is 14.6. The van der Waals surface area contributed by atoms with Gasteiger partial charge >= 0.3 is 0 Å². The Labute approximate surface area is 160 Å². The number of amides is 1. The monoisotopic (exact) mass is 403 g/mol. The third kappa shape index (κ3) is 4.49. The Balaban J connectivity index is 0.00000243. The zero-order chi connectivity index (χ0) is 17.9. The SMILES string of the molecule is Cl.NCCNC(=O)C1CCCN(S(=O)(=O)c2ccc3c(c2)CCCO3)C1. The number of piperidine rings is 1. The molecule has 3 rings (SSSR count). The maximum Gasteiger partial charge on any atom is 0.243 e. The van der Waals surface area contributed by atoms with Gasteiger partial charge in [-0.05, 0) is 49.4 Å². The molecule has 2 aliphatic heterocycles. The Bertz CT molecular complexity index is 742. The van der Waals surface area contributed by atoms with Gasteiger partial charge < -0.3 is 15.8 Å². The van der Waals surface area contributed by atoms with Crippen LogP contribution in [0.4, 0.5) is 0 Å². The minimum Gasteiger partial charge on any atom is -0.493 e. The van der Waals surface area contributed by atoms with E-state index in [0.29, 0.717) is 39.1 Å². The van der Waals surface area contributed by atoms with Crippen molar-refractivity contribution in [2.24, 2.45) is 11.7 Å².